The summed E-state index contributed by atoms with van der Waals surface area (Å²) in [5.41, 5.74) is 0. The van der Waals surface area contributed by atoms with E-state index in [-0.39, 0.29) is 18.4 Å². The van der Waals surface area contributed by atoms with Crippen LogP contribution in [0.3, 0.4) is 0 Å². The molecule has 2 aliphatic heterocycles. The Morgan fingerprint density at radius 1 is 1.05 bits per heavy atom. The van der Waals surface area contributed by atoms with Crippen molar-refractivity contribution in [3.63, 3.8) is 0 Å². The molecule has 0 aromatic heterocycles. The van der Waals surface area contributed by atoms with E-state index in [1.54, 1.807) is 0 Å². The summed E-state index contributed by atoms with van der Waals surface area (Å²) < 4.78 is 0. The van der Waals surface area contributed by atoms with Gasteiger partial charge in [0.15, 0.2) is 0 Å². The zero-order valence-electron chi connectivity index (χ0n) is 12.6. The number of fused-ring (bicyclic) bond motifs is 1. The zero-order valence-corrected chi connectivity index (χ0v) is 13.5. The van der Waals surface area contributed by atoms with Crippen LogP contribution >= 0.6 is 12.4 Å². The van der Waals surface area contributed by atoms with E-state index in [0.717, 1.165) is 31.3 Å². The topological polar surface area (TPSA) is 32.3 Å². The highest BCUT2D eigenvalue weighted by atomic mass is 35.5. The summed E-state index contributed by atoms with van der Waals surface area (Å²) in [6, 6.07) is 0.759. The summed E-state index contributed by atoms with van der Waals surface area (Å²) in [7, 11) is 0. The Labute approximate surface area is 129 Å². The molecule has 3 fully saturated rings. The van der Waals surface area contributed by atoms with Crippen molar-refractivity contribution in [1.82, 2.24) is 10.2 Å². The predicted octanol–water partition coefficient (Wildman–Crippen LogP) is 2.98. The van der Waals surface area contributed by atoms with Gasteiger partial charge in [-0.2, -0.15) is 0 Å². The maximum absolute atomic E-state index is 12.7. The number of amides is 1. The minimum Gasteiger partial charge on any atom is -0.341 e. The maximum Gasteiger partial charge on any atom is 0.239 e. The first-order valence-electron chi connectivity index (χ1n) is 8.29. The Hall–Kier alpha value is -0.280. The highest BCUT2D eigenvalue weighted by Crippen LogP contribution is 2.34. The van der Waals surface area contributed by atoms with Gasteiger partial charge in [0.1, 0.15) is 0 Å². The quantitative estimate of drug-likeness (QED) is 0.807. The Morgan fingerprint density at radius 3 is 2.65 bits per heavy atom. The lowest BCUT2D eigenvalue weighted by Crippen LogP contribution is -2.45. The number of hydrogen-bond donors (Lipinski definition) is 1. The molecule has 1 aliphatic carbocycles. The van der Waals surface area contributed by atoms with Gasteiger partial charge in [-0.15, -0.1) is 12.4 Å². The van der Waals surface area contributed by atoms with Gasteiger partial charge in [0, 0.05) is 19.1 Å². The maximum atomic E-state index is 12.7. The second-order valence-corrected chi connectivity index (χ2v) is 6.97. The molecular formula is C16H29ClN2O. The number of nitrogens with one attached hydrogen (secondary N) is 1. The molecule has 0 aromatic carbocycles. The summed E-state index contributed by atoms with van der Waals surface area (Å²) in [4.78, 5) is 14.8. The molecule has 3 nitrogen and oxygen atoms in total. The molecule has 1 amide bonds. The summed E-state index contributed by atoms with van der Waals surface area (Å²) in [5.74, 6) is 1.95. The molecular weight excluding hydrogens is 272 g/mol. The Bertz CT molecular complexity index is 322. The fraction of sp³-hybridized carbons (Fsp3) is 0.938. The van der Waals surface area contributed by atoms with E-state index >= 15 is 0 Å². The number of nitrogens with zero attached hydrogens (tertiary/aromatic N) is 1. The molecule has 4 atom stereocenters. The molecule has 4 unspecified atom stereocenters. The smallest absolute Gasteiger partial charge is 0.239 e. The van der Waals surface area contributed by atoms with Crippen LogP contribution in [-0.4, -0.2) is 36.0 Å². The van der Waals surface area contributed by atoms with Gasteiger partial charge in [-0.1, -0.05) is 19.8 Å². The van der Waals surface area contributed by atoms with Crippen molar-refractivity contribution in [2.75, 3.05) is 13.1 Å². The molecule has 3 aliphatic rings. The first-order chi connectivity index (χ1) is 9.24. The normalized spacial score (nSPS) is 37.8. The molecule has 20 heavy (non-hydrogen) atoms. The van der Waals surface area contributed by atoms with E-state index in [4.69, 9.17) is 0 Å². The summed E-state index contributed by atoms with van der Waals surface area (Å²) in [5, 5.41) is 3.63. The summed E-state index contributed by atoms with van der Waals surface area (Å²) in [6.45, 7) is 4.28. The van der Waals surface area contributed by atoms with Crippen LogP contribution in [-0.2, 0) is 4.79 Å². The van der Waals surface area contributed by atoms with Crippen molar-refractivity contribution in [1.29, 1.82) is 0 Å². The fourth-order valence-electron chi connectivity index (χ4n) is 4.21. The van der Waals surface area contributed by atoms with E-state index in [1.807, 2.05) is 0 Å². The van der Waals surface area contributed by atoms with Crippen LogP contribution in [0.25, 0.3) is 0 Å². The van der Waals surface area contributed by atoms with Gasteiger partial charge in [0.2, 0.25) is 5.91 Å². The molecule has 116 valence electrons. The molecule has 2 saturated heterocycles. The molecule has 4 heteroatoms. The highest BCUT2D eigenvalue weighted by molar-refractivity contribution is 5.85. The number of halogens is 1. The third-order valence-electron chi connectivity index (χ3n) is 5.49. The van der Waals surface area contributed by atoms with Gasteiger partial charge >= 0.3 is 0 Å². The van der Waals surface area contributed by atoms with Crippen molar-refractivity contribution < 1.29 is 4.79 Å². The molecule has 0 aromatic rings. The van der Waals surface area contributed by atoms with E-state index in [1.165, 1.54) is 44.9 Å². The molecule has 0 spiro atoms. The average molecular weight is 301 g/mol. The van der Waals surface area contributed by atoms with Crippen molar-refractivity contribution in [2.45, 2.75) is 70.4 Å². The lowest BCUT2D eigenvalue weighted by Gasteiger charge is -2.25. The van der Waals surface area contributed by atoms with Gasteiger partial charge in [-0.25, -0.2) is 0 Å². The molecule has 0 radical (unpaired) electrons. The molecule has 0 bridgehead atoms. The van der Waals surface area contributed by atoms with E-state index in [2.05, 4.69) is 17.1 Å². The molecule has 3 rings (SSSR count). The molecule has 1 saturated carbocycles. The SMILES string of the molecule is CC1CCCN(C(=O)C2CC3CCCCC3N2)CC1.Cl. The van der Waals surface area contributed by atoms with Gasteiger partial charge in [-0.3, -0.25) is 4.79 Å². The second kappa shape index (κ2) is 7.13. The van der Waals surface area contributed by atoms with Gasteiger partial charge in [0.25, 0.3) is 0 Å². The fourth-order valence-corrected chi connectivity index (χ4v) is 4.21. The monoisotopic (exact) mass is 300 g/mol. The third-order valence-corrected chi connectivity index (χ3v) is 5.49. The van der Waals surface area contributed by atoms with Crippen LogP contribution in [0.4, 0.5) is 0 Å². The van der Waals surface area contributed by atoms with Crippen LogP contribution in [0.5, 0.6) is 0 Å². The van der Waals surface area contributed by atoms with Gasteiger partial charge in [-0.05, 0) is 50.4 Å². The van der Waals surface area contributed by atoms with Gasteiger partial charge in [0.05, 0.1) is 6.04 Å². The van der Waals surface area contributed by atoms with E-state index in [9.17, 15) is 4.79 Å². The van der Waals surface area contributed by atoms with E-state index in [0.29, 0.717) is 11.9 Å². The number of carbonyl (C=O) groups is 1. The Morgan fingerprint density at radius 2 is 1.85 bits per heavy atom. The lowest BCUT2D eigenvalue weighted by atomic mass is 9.85. The zero-order chi connectivity index (χ0) is 13.2. The van der Waals surface area contributed by atoms with Crippen LogP contribution in [0.2, 0.25) is 0 Å². The molecule has 2 heterocycles. The second-order valence-electron chi connectivity index (χ2n) is 6.97. The number of carbonyl (C=O) groups excluding carboxylic acids is 1. The first kappa shape index (κ1) is 16.1. The summed E-state index contributed by atoms with van der Waals surface area (Å²) in [6.07, 6.45) is 10.1. The number of hydrogen-bond acceptors (Lipinski definition) is 2. The standard InChI is InChI=1S/C16H28N2O.ClH/c1-12-5-4-9-18(10-8-12)16(19)15-11-13-6-2-3-7-14(13)17-15;/h12-15,17H,2-11H2,1H3;1H. The lowest BCUT2D eigenvalue weighted by molar-refractivity contribution is -0.133. The van der Waals surface area contributed by atoms with Crippen LogP contribution in [0.15, 0.2) is 0 Å². The van der Waals surface area contributed by atoms with Crippen molar-refractivity contribution in [2.24, 2.45) is 11.8 Å². The van der Waals surface area contributed by atoms with Gasteiger partial charge < -0.3 is 10.2 Å². The first-order valence-corrected chi connectivity index (χ1v) is 8.29. The Balaban J connectivity index is 0.00000147. The highest BCUT2D eigenvalue weighted by Gasteiger charge is 2.39. The minimum absolute atomic E-state index is 0. The number of likely N-dealkylation sites (tertiary alicyclic amines) is 1. The largest absolute Gasteiger partial charge is 0.341 e. The molecule has 1 N–H and O–H groups in total. The number of rotatable bonds is 1. The Kier molecular flexibility index (Phi) is 5.74. The van der Waals surface area contributed by atoms with E-state index < -0.39 is 0 Å². The van der Waals surface area contributed by atoms with Crippen LogP contribution < -0.4 is 5.32 Å². The van der Waals surface area contributed by atoms with Crippen molar-refractivity contribution in [3.05, 3.63) is 0 Å². The van der Waals surface area contributed by atoms with Crippen LogP contribution in [0, 0.1) is 11.8 Å². The van der Waals surface area contributed by atoms with Crippen LogP contribution in [0.1, 0.15) is 58.3 Å². The predicted molar refractivity (Wildman–Crippen MR) is 84.1 cm³/mol. The minimum atomic E-state index is 0. The van der Waals surface area contributed by atoms with Crippen molar-refractivity contribution in [3.8, 4) is 0 Å². The third kappa shape index (κ3) is 3.48. The summed E-state index contributed by atoms with van der Waals surface area (Å²) >= 11 is 0. The van der Waals surface area contributed by atoms with Crippen molar-refractivity contribution >= 4 is 18.3 Å². The average Bonchev–Trinajstić information content (AvgIpc) is 2.74.